The van der Waals surface area contributed by atoms with E-state index in [0.717, 1.165) is 50.8 Å². The van der Waals surface area contributed by atoms with Crippen LogP contribution < -0.4 is 15.5 Å². The second-order valence-electron chi connectivity index (χ2n) is 6.78. The zero-order chi connectivity index (χ0) is 17.5. The fourth-order valence-electron chi connectivity index (χ4n) is 3.32. The number of anilines is 1. The van der Waals surface area contributed by atoms with Crippen molar-refractivity contribution >= 4 is 11.8 Å². The Morgan fingerprint density at radius 3 is 2.76 bits per heavy atom. The predicted molar refractivity (Wildman–Crippen MR) is 97.8 cm³/mol. The molecule has 2 saturated heterocycles. The Bertz CT molecular complexity index is 556. The van der Waals surface area contributed by atoms with Gasteiger partial charge in [-0.15, -0.1) is 0 Å². The van der Waals surface area contributed by atoms with E-state index in [2.05, 4.69) is 38.4 Å². The lowest BCUT2D eigenvalue weighted by molar-refractivity contribution is 0.0209. The van der Waals surface area contributed by atoms with Gasteiger partial charge in [0.2, 0.25) is 0 Å². The van der Waals surface area contributed by atoms with Gasteiger partial charge in [0.1, 0.15) is 5.82 Å². The molecule has 7 heteroatoms. The molecule has 1 aromatic heterocycles. The van der Waals surface area contributed by atoms with Crippen LogP contribution in [-0.4, -0.2) is 67.9 Å². The van der Waals surface area contributed by atoms with Gasteiger partial charge in [0, 0.05) is 51.5 Å². The van der Waals surface area contributed by atoms with Gasteiger partial charge in [-0.1, -0.05) is 0 Å². The van der Waals surface area contributed by atoms with Crippen LogP contribution in [0.15, 0.2) is 18.3 Å². The van der Waals surface area contributed by atoms with Crippen LogP contribution in [0, 0.1) is 0 Å². The number of carbonyl (C=O) groups excluding carboxylic acids is 1. The van der Waals surface area contributed by atoms with E-state index >= 15 is 0 Å². The Hall–Kier alpha value is -1.86. The lowest BCUT2D eigenvalue weighted by atomic mass is 10.2. The van der Waals surface area contributed by atoms with Crippen molar-refractivity contribution in [2.75, 3.05) is 50.8 Å². The first-order valence-electron chi connectivity index (χ1n) is 9.26. The first kappa shape index (κ1) is 17.9. The van der Waals surface area contributed by atoms with Crippen molar-refractivity contribution in [3.05, 3.63) is 23.9 Å². The third-order valence-corrected chi connectivity index (χ3v) is 4.92. The largest absolute Gasteiger partial charge is 0.379 e. The van der Waals surface area contributed by atoms with E-state index in [1.165, 1.54) is 12.8 Å². The number of hydrogen-bond donors (Lipinski definition) is 2. The quantitative estimate of drug-likeness (QED) is 0.809. The molecule has 1 atom stereocenters. The summed E-state index contributed by atoms with van der Waals surface area (Å²) in [7, 11) is 0. The number of nitrogens with zero attached hydrogens (tertiary/aromatic N) is 3. The molecule has 0 bridgehead atoms. The van der Waals surface area contributed by atoms with Gasteiger partial charge in [0.15, 0.2) is 0 Å². The standard InChI is InChI=1S/C18H29N5O2/c1-15(22-8-10-25-11-9-22)13-20-18(24)21-14-16-4-5-19-17(12-16)23-6-2-3-7-23/h4-5,12,15H,2-3,6-11,13-14H2,1H3,(H2,20,21,24)/t15-/m0/s1. The van der Waals surface area contributed by atoms with Crippen molar-refractivity contribution in [2.24, 2.45) is 0 Å². The normalized spacial score (nSPS) is 19.6. The van der Waals surface area contributed by atoms with Crippen molar-refractivity contribution in [2.45, 2.75) is 32.4 Å². The number of nitrogens with one attached hydrogen (secondary N) is 2. The van der Waals surface area contributed by atoms with E-state index in [1.807, 2.05) is 12.3 Å². The Morgan fingerprint density at radius 2 is 2.00 bits per heavy atom. The van der Waals surface area contributed by atoms with Crippen LogP contribution in [0.4, 0.5) is 10.6 Å². The lowest BCUT2D eigenvalue weighted by Crippen LogP contribution is -2.48. The van der Waals surface area contributed by atoms with Gasteiger partial charge >= 0.3 is 6.03 Å². The van der Waals surface area contributed by atoms with Crippen molar-refractivity contribution < 1.29 is 9.53 Å². The highest BCUT2D eigenvalue weighted by atomic mass is 16.5. The molecule has 0 aromatic carbocycles. The van der Waals surface area contributed by atoms with Gasteiger partial charge in [-0.25, -0.2) is 9.78 Å². The average Bonchev–Trinajstić information content (AvgIpc) is 3.20. The minimum Gasteiger partial charge on any atom is -0.379 e. The van der Waals surface area contributed by atoms with E-state index in [9.17, 15) is 4.79 Å². The van der Waals surface area contributed by atoms with Crippen LogP contribution in [0.1, 0.15) is 25.3 Å². The number of carbonyl (C=O) groups is 1. The van der Waals surface area contributed by atoms with Gasteiger partial charge in [0.05, 0.1) is 13.2 Å². The number of aromatic nitrogens is 1. The smallest absolute Gasteiger partial charge is 0.315 e. The minimum absolute atomic E-state index is 0.125. The van der Waals surface area contributed by atoms with Gasteiger partial charge in [0.25, 0.3) is 0 Å². The van der Waals surface area contributed by atoms with Gasteiger partial charge < -0.3 is 20.3 Å². The molecule has 0 aliphatic carbocycles. The first-order valence-corrected chi connectivity index (χ1v) is 9.26. The predicted octanol–water partition coefficient (Wildman–Crippen LogP) is 1.20. The highest BCUT2D eigenvalue weighted by molar-refractivity contribution is 5.73. The van der Waals surface area contributed by atoms with Crippen LogP contribution in [0.5, 0.6) is 0 Å². The number of ether oxygens (including phenoxy) is 1. The SMILES string of the molecule is C[C@@H](CNC(=O)NCc1ccnc(N2CCCC2)c1)N1CCOCC1. The summed E-state index contributed by atoms with van der Waals surface area (Å²) in [5.74, 6) is 1.01. The van der Waals surface area contributed by atoms with E-state index in [4.69, 9.17) is 4.74 Å². The van der Waals surface area contributed by atoms with E-state index < -0.39 is 0 Å². The molecule has 0 unspecified atom stereocenters. The topological polar surface area (TPSA) is 69.7 Å². The van der Waals surface area contributed by atoms with E-state index in [0.29, 0.717) is 19.1 Å². The van der Waals surface area contributed by atoms with Crippen LogP contribution in [0.25, 0.3) is 0 Å². The summed E-state index contributed by atoms with van der Waals surface area (Å²) in [5, 5.41) is 5.90. The number of amides is 2. The summed E-state index contributed by atoms with van der Waals surface area (Å²) in [6, 6.07) is 4.22. The highest BCUT2D eigenvalue weighted by Gasteiger charge is 2.17. The fourth-order valence-corrected chi connectivity index (χ4v) is 3.32. The van der Waals surface area contributed by atoms with Crippen LogP contribution in [0.2, 0.25) is 0 Å². The molecule has 2 fully saturated rings. The molecule has 3 heterocycles. The molecule has 25 heavy (non-hydrogen) atoms. The van der Waals surface area contributed by atoms with Gasteiger partial charge in [-0.05, 0) is 37.5 Å². The van der Waals surface area contributed by atoms with Crippen LogP contribution >= 0.6 is 0 Å². The third kappa shape index (κ3) is 5.31. The third-order valence-electron chi connectivity index (χ3n) is 4.92. The zero-order valence-electron chi connectivity index (χ0n) is 15.0. The lowest BCUT2D eigenvalue weighted by Gasteiger charge is -2.32. The monoisotopic (exact) mass is 347 g/mol. The van der Waals surface area contributed by atoms with Gasteiger partial charge in [-0.2, -0.15) is 0 Å². The Morgan fingerprint density at radius 1 is 1.24 bits per heavy atom. The maximum atomic E-state index is 12.1. The van der Waals surface area contributed by atoms with Crippen molar-refractivity contribution in [1.82, 2.24) is 20.5 Å². The van der Waals surface area contributed by atoms with E-state index in [-0.39, 0.29) is 6.03 Å². The molecule has 2 amide bonds. The molecule has 138 valence electrons. The molecule has 0 radical (unpaired) electrons. The second-order valence-corrected chi connectivity index (χ2v) is 6.78. The second kappa shape index (κ2) is 9.01. The number of rotatable bonds is 6. The zero-order valence-corrected chi connectivity index (χ0v) is 15.0. The molecule has 2 N–H and O–H groups in total. The number of morpholine rings is 1. The molecule has 2 aliphatic heterocycles. The van der Waals surface area contributed by atoms with Crippen LogP contribution in [-0.2, 0) is 11.3 Å². The number of pyridine rings is 1. The summed E-state index contributed by atoms with van der Waals surface area (Å²) in [4.78, 5) is 21.1. The number of hydrogen-bond acceptors (Lipinski definition) is 5. The van der Waals surface area contributed by atoms with Crippen molar-refractivity contribution in [1.29, 1.82) is 0 Å². The first-order chi connectivity index (χ1) is 12.2. The van der Waals surface area contributed by atoms with Crippen LogP contribution in [0.3, 0.4) is 0 Å². The molecule has 0 saturated carbocycles. The molecule has 1 aromatic rings. The summed E-state index contributed by atoms with van der Waals surface area (Å²) in [6.45, 7) is 8.85. The summed E-state index contributed by atoms with van der Waals surface area (Å²) in [5.41, 5.74) is 1.08. The minimum atomic E-state index is -0.125. The maximum absolute atomic E-state index is 12.1. The highest BCUT2D eigenvalue weighted by Crippen LogP contribution is 2.18. The summed E-state index contributed by atoms with van der Waals surface area (Å²) < 4.78 is 5.36. The summed E-state index contributed by atoms with van der Waals surface area (Å²) in [6.07, 6.45) is 4.28. The summed E-state index contributed by atoms with van der Waals surface area (Å²) >= 11 is 0. The van der Waals surface area contributed by atoms with Gasteiger partial charge in [-0.3, -0.25) is 4.90 Å². The molecular weight excluding hydrogens is 318 g/mol. The molecule has 2 aliphatic rings. The molecule has 3 rings (SSSR count). The average molecular weight is 347 g/mol. The number of urea groups is 1. The van der Waals surface area contributed by atoms with Crippen molar-refractivity contribution in [3.8, 4) is 0 Å². The Balaban J connectivity index is 1.40. The molecule has 0 spiro atoms. The molecular formula is C18H29N5O2. The maximum Gasteiger partial charge on any atom is 0.315 e. The van der Waals surface area contributed by atoms with Crippen molar-refractivity contribution in [3.63, 3.8) is 0 Å². The fraction of sp³-hybridized carbons (Fsp3) is 0.667. The Labute approximate surface area is 149 Å². The Kier molecular flexibility index (Phi) is 6.47. The van der Waals surface area contributed by atoms with E-state index in [1.54, 1.807) is 0 Å². The molecule has 7 nitrogen and oxygen atoms in total.